The van der Waals surface area contributed by atoms with Gasteiger partial charge in [0.15, 0.2) is 5.96 Å². The molecular formula is C7H13N5O2. The average molecular weight is 199 g/mol. The predicted molar refractivity (Wildman–Crippen MR) is 51.8 cm³/mol. The number of hydrogen-bond acceptors (Lipinski definition) is 4. The molecule has 1 aliphatic heterocycles. The maximum absolute atomic E-state index is 11.5. The maximum atomic E-state index is 11.5. The molecule has 5 N–H and O–H groups in total. The molecular weight excluding hydrogens is 186 g/mol. The van der Waals surface area contributed by atoms with Crippen LogP contribution < -0.4 is 11.5 Å². The number of amides is 1. The lowest BCUT2D eigenvalue weighted by Gasteiger charge is -2.28. The molecule has 1 aliphatic rings. The smallest absolute Gasteiger partial charge is 0.291 e. The third kappa shape index (κ3) is 1.99. The summed E-state index contributed by atoms with van der Waals surface area (Å²) in [5.41, 5.74) is 10.2. The summed E-state index contributed by atoms with van der Waals surface area (Å²) in [4.78, 5) is 20.3. The number of amidine groups is 1. The Balaban J connectivity index is 2.87. The van der Waals surface area contributed by atoms with Gasteiger partial charge < -0.3 is 21.5 Å². The van der Waals surface area contributed by atoms with Crippen molar-refractivity contribution in [1.29, 1.82) is 0 Å². The van der Waals surface area contributed by atoms with Gasteiger partial charge in [0, 0.05) is 7.05 Å². The van der Waals surface area contributed by atoms with Gasteiger partial charge in [0.2, 0.25) is 5.84 Å². The summed E-state index contributed by atoms with van der Waals surface area (Å²) >= 11 is 0. The van der Waals surface area contributed by atoms with Crippen molar-refractivity contribution < 1.29 is 9.90 Å². The second-order valence-corrected chi connectivity index (χ2v) is 2.95. The molecule has 0 bridgehead atoms. The minimum Gasteiger partial charge on any atom is -0.394 e. The summed E-state index contributed by atoms with van der Waals surface area (Å²) in [6.07, 6.45) is 0. The topological polar surface area (TPSA) is 117 Å². The zero-order valence-electron chi connectivity index (χ0n) is 7.84. The van der Waals surface area contributed by atoms with Crippen molar-refractivity contribution in [2.45, 2.75) is 6.04 Å². The largest absolute Gasteiger partial charge is 0.394 e. The van der Waals surface area contributed by atoms with Crippen molar-refractivity contribution >= 4 is 17.7 Å². The van der Waals surface area contributed by atoms with Crippen LogP contribution in [-0.4, -0.2) is 53.9 Å². The van der Waals surface area contributed by atoms with Gasteiger partial charge in [-0.05, 0) is 0 Å². The van der Waals surface area contributed by atoms with Crippen molar-refractivity contribution in [3.05, 3.63) is 0 Å². The molecule has 0 fully saturated rings. The van der Waals surface area contributed by atoms with E-state index in [9.17, 15) is 4.79 Å². The second-order valence-electron chi connectivity index (χ2n) is 2.95. The number of hydrogen-bond donors (Lipinski definition) is 3. The van der Waals surface area contributed by atoms with E-state index < -0.39 is 0 Å². The Hall–Kier alpha value is -1.63. The number of rotatable bonds is 1. The molecule has 7 nitrogen and oxygen atoms in total. The Morgan fingerprint density at radius 3 is 2.93 bits per heavy atom. The quantitative estimate of drug-likeness (QED) is 0.319. The highest BCUT2D eigenvalue weighted by atomic mass is 16.3. The van der Waals surface area contributed by atoms with Gasteiger partial charge in [-0.15, -0.1) is 0 Å². The summed E-state index contributed by atoms with van der Waals surface area (Å²) in [6.45, 7) is 0.186. The van der Waals surface area contributed by atoms with Gasteiger partial charge in [0.05, 0.1) is 19.2 Å². The summed E-state index contributed by atoms with van der Waals surface area (Å²) in [7, 11) is 1.57. The van der Waals surface area contributed by atoms with E-state index >= 15 is 0 Å². The number of aliphatic imine (C=N–C) groups is 2. The molecule has 1 amide bonds. The minimum absolute atomic E-state index is 0.0165. The van der Waals surface area contributed by atoms with Gasteiger partial charge in [-0.2, -0.15) is 4.99 Å². The first-order chi connectivity index (χ1) is 6.56. The van der Waals surface area contributed by atoms with Crippen LogP contribution in [0.3, 0.4) is 0 Å². The maximum Gasteiger partial charge on any atom is 0.291 e. The molecule has 0 spiro atoms. The second kappa shape index (κ2) is 4.05. The summed E-state index contributed by atoms with van der Waals surface area (Å²) in [5.74, 6) is -0.603. The van der Waals surface area contributed by atoms with E-state index in [1.165, 1.54) is 4.90 Å². The van der Waals surface area contributed by atoms with Crippen molar-refractivity contribution in [1.82, 2.24) is 4.90 Å². The Labute approximate surface area is 81.1 Å². The van der Waals surface area contributed by atoms with Crippen LogP contribution in [0.1, 0.15) is 0 Å². The van der Waals surface area contributed by atoms with E-state index in [1.54, 1.807) is 7.05 Å². The van der Waals surface area contributed by atoms with Gasteiger partial charge in [-0.25, -0.2) is 0 Å². The lowest BCUT2D eigenvalue weighted by Crippen LogP contribution is -2.48. The average Bonchev–Trinajstić information content (AvgIpc) is 2.13. The van der Waals surface area contributed by atoms with E-state index in [1.807, 2.05) is 0 Å². The van der Waals surface area contributed by atoms with Crippen LogP contribution in [0.5, 0.6) is 0 Å². The molecule has 0 aliphatic carbocycles. The number of likely N-dealkylation sites (N-methyl/N-ethyl adjacent to an activating group) is 1. The SMILES string of the molecule is CN1C(=O)C(N=C(N)N)=NCC1CO. The highest BCUT2D eigenvalue weighted by molar-refractivity contribution is 6.40. The first-order valence-electron chi connectivity index (χ1n) is 4.08. The number of nitrogens with zero attached hydrogens (tertiary/aromatic N) is 3. The number of carbonyl (C=O) groups is 1. The number of guanidine groups is 1. The Bertz CT molecular complexity index is 294. The fourth-order valence-electron chi connectivity index (χ4n) is 1.09. The van der Waals surface area contributed by atoms with E-state index in [0.29, 0.717) is 6.54 Å². The molecule has 1 atom stereocenters. The molecule has 0 aromatic carbocycles. The van der Waals surface area contributed by atoms with Crippen LogP contribution >= 0.6 is 0 Å². The number of aliphatic hydroxyl groups is 1. The molecule has 7 heteroatoms. The fraction of sp³-hybridized carbons (Fsp3) is 0.571. The highest BCUT2D eigenvalue weighted by Gasteiger charge is 2.27. The highest BCUT2D eigenvalue weighted by Crippen LogP contribution is 2.06. The number of nitrogens with two attached hydrogens (primary N) is 2. The van der Waals surface area contributed by atoms with Crippen LogP contribution in [0.2, 0.25) is 0 Å². The lowest BCUT2D eigenvalue weighted by molar-refractivity contribution is -0.126. The number of aliphatic hydroxyl groups excluding tert-OH is 1. The van der Waals surface area contributed by atoms with E-state index in [-0.39, 0.29) is 30.4 Å². The van der Waals surface area contributed by atoms with Crippen LogP contribution in [0, 0.1) is 0 Å². The normalized spacial score (nSPS) is 21.9. The third-order valence-corrected chi connectivity index (χ3v) is 1.96. The molecule has 0 aromatic heterocycles. The molecule has 78 valence electrons. The molecule has 0 saturated carbocycles. The third-order valence-electron chi connectivity index (χ3n) is 1.96. The monoisotopic (exact) mass is 199 g/mol. The zero-order valence-corrected chi connectivity index (χ0v) is 7.84. The predicted octanol–water partition coefficient (Wildman–Crippen LogP) is -2.51. The van der Waals surface area contributed by atoms with E-state index in [2.05, 4.69) is 9.98 Å². The van der Waals surface area contributed by atoms with Gasteiger partial charge in [-0.1, -0.05) is 0 Å². The first-order valence-corrected chi connectivity index (χ1v) is 4.08. The van der Waals surface area contributed by atoms with Crippen LogP contribution in [0.25, 0.3) is 0 Å². The van der Waals surface area contributed by atoms with Crippen molar-refractivity contribution in [3.63, 3.8) is 0 Å². The van der Waals surface area contributed by atoms with Crippen molar-refractivity contribution in [3.8, 4) is 0 Å². The Morgan fingerprint density at radius 1 is 1.79 bits per heavy atom. The zero-order chi connectivity index (χ0) is 10.7. The van der Waals surface area contributed by atoms with Crippen LogP contribution in [0.4, 0.5) is 0 Å². The van der Waals surface area contributed by atoms with Crippen molar-refractivity contribution in [2.75, 3.05) is 20.2 Å². The molecule has 14 heavy (non-hydrogen) atoms. The van der Waals surface area contributed by atoms with Crippen LogP contribution in [-0.2, 0) is 4.79 Å². The van der Waals surface area contributed by atoms with Crippen LogP contribution in [0.15, 0.2) is 9.98 Å². The van der Waals surface area contributed by atoms with E-state index in [4.69, 9.17) is 16.6 Å². The number of carbonyl (C=O) groups excluding carboxylic acids is 1. The van der Waals surface area contributed by atoms with Crippen molar-refractivity contribution in [2.24, 2.45) is 21.5 Å². The molecule has 1 heterocycles. The van der Waals surface area contributed by atoms with Gasteiger partial charge in [0.25, 0.3) is 5.91 Å². The standard InChI is InChI=1S/C7H13N5O2/c1-12-4(3-13)2-10-5(6(12)14)11-7(8)9/h4,13H,2-3H2,1H3,(H4,8,9,10,11). The lowest BCUT2D eigenvalue weighted by atomic mass is 10.2. The van der Waals surface area contributed by atoms with Gasteiger partial charge in [-0.3, -0.25) is 9.79 Å². The van der Waals surface area contributed by atoms with E-state index in [0.717, 1.165) is 0 Å². The minimum atomic E-state index is -0.385. The molecule has 0 saturated heterocycles. The summed E-state index contributed by atoms with van der Waals surface area (Å²) < 4.78 is 0. The first kappa shape index (κ1) is 10.5. The summed E-state index contributed by atoms with van der Waals surface area (Å²) in [6, 6.07) is -0.291. The Morgan fingerprint density at radius 2 is 2.43 bits per heavy atom. The molecule has 0 aromatic rings. The van der Waals surface area contributed by atoms with Gasteiger partial charge >= 0.3 is 0 Å². The fourth-order valence-corrected chi connectivity index (χ4v) is 1.09. The molecule has 0 radical (unpaired) electrons. The molecule has 1 rings (SSSR count). The van der Waals surface area contributed by atoms with Gasteiger partial charge in [0.1, 0.15) is 0 Å². The Kier molecular flexibility index (Phi) is 3.03. The molecule has 1 unspecified atom stereocenters. The summed E-state index contributed by atoms with van der Waals surface area (Å²) in [5, 5.41) is 8.90.